The second kappa shape index (κ2) is 12.3. The zero-order valence-electron chi connectivity index (χ0n) is 14.8. The van der Waals surface area contributed by atoms with Gasteiger partial charge in [0.25, 0.3) is 0 Å². The van der Waals surface area contributed by atoms with E-state index >= 15 is 0 Å². The van der Waals surface area contributed by atoms with Gasteiger partial charge in [-0.25, -0.2) is 4.79 Å². The molecule has 3 heteroatoms. The third-order valence-corrected chi connectivity index (χ3v) is 5.15. The van der Waals surface area contributed by atoms with Crippen LogP contribution in [0.2, 0.25) is 0 Å². The summed E-state index contributed by atoms with van der Waals surface area (Å²) in [7, 11) is 0. The normalized spacial score (nSPS) is 21.1. The summed E-state index contributed by atoms with van der Waals surface area (Å²) in [5.41, 5.74) is 0. The van der Waals surface area contributed by atoms with Crippen LogP contribution in [0.5, 0.6) is 0 Å². The first kappa shape index (κ1) is 19.9. The van der Waals surface area contributed by atoms with Gasteiger partial charge in [0.15, 0.2) is 5.78 Å². The second-order valence-electron chi connectivity index (χ2n) is 7.04. The maximum absolute atomic E-state index is 11.5. The zero-order chi connectivity index (χ0) is 16.9. The van der Waals surface area contributed by atoms with Crippen molar-refractivity contribution in [1.29, 1.82) is 0 Å². The van der Waals surface area contributed by atoms with Crippen LogP contribution in [-0.4, -0.2) is 16.9 Å². The number of unbranched alkanes of at least 4 members (excludes halogenated alkanes) is 5. The first-order chi connectivity index (χ1) is 11.1. The Kier molecular flexibility index (Phi) is 10.7. The fraction of sp³-hybridized carbons (Fsp3) is 0.800. The highest BCUT2D eigenvalue weighted by Gasteiger charge is 2.26. The van der Waals surface area contributed by atoms with Crippen LogP contribution < -0.4 is 0 Å². The molecule has 0 spiro atoms. The van der Waals surface area contributed by atoms with E-state index in [1.807, 2.05) is 0 Å². The van der Waals surface area contributed by atoms with Crippen molar-refractivity contribution in [3.8, 4) is 0 Å². The molecule has 23 heavy (non-hydrogen) atoms. The third kappa shape index (κ3) is 9.58. The first-order valence-corrected chi connectivity index (χ1v) is 9.57. The number of aliphatic carboxylic acids is 1. The largest absolute Gasteiger partial charge is 0.478 e. The van der Waals surface area contributed by atoms with Crippen LogP contribution >= 0.6 is 0 Å². The average molecular weight is 322 g/mol. The fourth-order valence-electron chi connectivity index (χ4n) is 3.85. The van der Waals surface area contributed by atoms with Crippen molar-refractivity contribution in [1.82, 2.24) is 0 Å². The van der Waals surface area contributed by atoms with E-state index in [0.717, 1.165) is 30.8 Å². The van der Waals surface area contributed by atoms with Crippen LogP contribution in [-0.2, 0) is 9.59 Å². The molecular formula is C20H34O3. The van der Waals surface area contributed by atoms with Gasteiger partial charge in [0.1, 0.15) is 0 Å². The molecule has 2 atom stereocenters. The number of hydrogen-bond acceptors (Lipinski definition) is 2. The summed E-state index contributed by atoms with van der Waals surface area (Å²) in [5, 5.41) is 8.51. The minimum absolute atomic E-state index is 0.0575. The van der Waals surface area contributed by atoms with Crippen molar-refractivity contribution in [2.24, 2.45) is 11.8 Å². The Morgan fingerprint density at radius 3 is 2.17 bits per heavy atom. The van der Waals surface area contributed by atoms with Crippen LogP contribution in [0.15, 0.2) is 12.2 Å². The summed E-state index contributed by atoms with van der Waals surface area (Å²) in [6.07, 6.45) is 18.3. The quantitative estimate of drug-likeness (QED) is 0.358. The molecule has 1 aliphatic carbocycles. The standard InChI is InChI=1S/C20H34O3/c1-2-3-4-5-6-7-10-17-11-8-12-18(17)13-9-14-19(21)15-16-20(22)23/h15-18H,2-14H2,1H3,(H,22,23)/t17-,18+/m0/s1. The lowest BCUT2D eigenvalue weighted by molar-refractivity contribution is -0.131. The van der Waals surface area contributed by atoms with E-state index in [2.05, 4.69) is 6.92 Å². The van der Waals surface area contributed by atoms with Gasteiger partial charge >= 0.3 is 5.97 Å². The minimum atomic E-state index is -1.05. The summed E-state index contributed by atoms with van der Waals surface area (Å²) in [6.45, 7) is 2.26. The van der Waals surface area contributed by atoms with E-state index in [9.17, 15) is 9.59 Å². The van der Waals surface area contributed by atoms with E-state index in [4.69, 9.17) is 5.11 Å². The van der Waals surface area contributed by atoms with Crippen molar-refractivity contribution < 1.29 is 14.7 Å². The number of hydrogen-bond donors (Lipinski definition) is 1. The number of carboxylic acid groups (broad SMARTS) is 1. The summed E-state index contributed by atoms with van der Waals surface area (Å²) in [6, 6.07) is 0. The van der Waals surface area contributed by atoms with Gasteiger partial charge in [0.05, 0.1) is 0 Å². The summed E-state index contributed by atoms with van der Waals surface area (Å²) < 4.78 is 0. The Bertz CT molecular complexity index is 373. The van der Waals surface area contributed by atoms with Gasteiger partial charge in [-0.1, -0.05) is 71.1 Å². The minimum Gasteiger partial charge on any atom is -0.478 e. The van der Waals surface area contributed by atoms with E-state index < -0.39 is 5.97 Å². The predicted octanol–water partition coefficient (Wildman–Crippen LogP) is 5.53. The van der Waals surface area contributed by atoms with Crippen LogP contribution in [0.4, 0.5) is 0 Å². The molecule has 0 heterocycles. The maximum Gasteiger partial charge on any atom is 0.328 e. The molecule has 0 radical (unpaired) electrons. The molecule has 0 aromatic carbocycles. The SMILES string of the molecule is CCCCCCCC[C@H]1CCC[C@@H]1CCCC(=O)C=CC(=O)O. The molecule has 0 aliphatic heterocycles. The lowest BCUT2D eigenvalue weighted by Gasteiger charge is -2.19. The highest BCUT2D eigenvalue weighted by molar-refractivity contribution is 5.95. The molecule has 1 N–H and O–H groups in total. The van der Waals surface area contributed by atoms with Gasteiger partial charge in [-0.15, -0.1) is 0 Å². The van der Waals surface area contributed by atoms with Crippen molar-refractivity contribution in [3.05, 3.63) is 12.2 Å². The predicted molar refractivity (Wildman–Crippen MR) is 94.5 cm³/mol. The lowest BCUT2D eigenvalue weighted by atomic mass is 9.87. The molecule has 1 rings (SSSR count). The van der Waals surface area contributed by atoms with E-state index in [1.54, 1.807) is 0 Å². The highest BCUT2D eigenvalue weighted by Crippen LogP contribution is 2.38. The molecule has 0 unspecified atom stereocenters. The molecule has 1 aliphatic rings. The molecule has 1 fully saturated rings. The van der Waals surface area contributed by atoms with Gasteiger partial charge in [-0.3, -0.25) is 4.79 Å². The zero-order valence-corrected chi connectivity index (χ0v) is 14.8. The summed E-state index contributed by atoms with van der Waals surface area (Å²) in [5.74, 6) is 0.554. The van der Waals surface area contributed by atoms with Crippen LogP contribution in [0.3, 0.4) is 0 Å². The van der Waals surface area contributed by atoms with Crippen LogP contribution in [0.1, 0.15) is 90.4 Å². The van der Waals surface area contributed by atoms with Gasteiger partial charge < -0.3 is 5.11 Å². The van der Waals surface area contributed by atoms with Gasteiger partial charge in [0, 0.05) is 12.5 Å². The van der Waals surface area contributed by atoms with Gasteiger partial charge in [-0.2, -0.15) is 0 Å². The number of rotatable bonds is 13. The Morgan fingerprint density at radius 2 is 1.52 bits per heavy atom. The number of carbonyl (C=O) groups excluding carboxylic acids is 1. The summed E-state index contributed by atoms with van der Waals surface area (Å²) in [4.78, 5) is 21.9. The molecule has 0 saturated heterocycles. The highest BCUT2D eigenvalue weighted by atomic mass is 16.4. The van der Waals surface area contributed by atoms with Crippen molar-refractivity contribution in [3.63, 3.8) is 0 Å². The third-order valence-electron chi connectivity index (χ3n) is 5.15. The van der Waals surface area contributed by atoms with Crippen molar-refractivity contribution in [2.75, 3.05) is 0 Å². The van der Waals surface area contributed by atoms with Crippen LogP contribution in [0.25, 0.3) is 0 Å². The Labute approximate surface area is 141 Å². The van der Waals surface area contributed by atoms with Crippen molar-refractivity contribution >= 4 is 11.8 Å². The van der Waals surface area contributed by atoms with Gasteiger partial charge in [-0.05, 0) is 30.8 Å². The first-order valence-electron chi connectivity index (χ1n) is 9.57. The van der Waals surface area contributed by atoms with Crippen LogP contribution in [0, 0.1) is 11.8 Å². The number of carboxylic acids is 1. The van der Waals surface area contributed by atoms with E-state index in [1.165, 1.54) is 70.3 Å². The van der Waals surface area contributed by atoms with E-state index in [0.29, 0.717) is 6.42 Å². The Morgan fingerprint density at radius 1 is 0.913 bits per heavy atom. The average Bonchev–Trinajstić information content (AvgIpc) is 2.96. The number of carbonyl (C=O) groups is 2. The lowest BCUT2D eigenvalue weighted by Crippen LogP contribution is -2.09. The smallest absolute Gasteiger partial charge is 0.328 e. The molecular weight excluding hydrogens is 288 g/mol. The fourth-order valence-corrected chi connectivity index (χ4v) is 3.85. The number of allylic oxidation sites excluding steroid dienone is 1. The Balaban J connectivity index is 2.13. The second-order valence-corrected chi connectivity index (χ2v) is 7.04. The Hall–Kier alpha value is -1.12. The molecule has 0 amide bonds. The molecule has 0 aromatic rings. The topological polar surface area (TPSA) is 54.4 Å². The molecule has 132 valence electrons. The monoisotopic (exact) mass is 322 g/mol. The molecule has 1 saturated carbocycles. The maximum atomic E-state index is 11.5. The molecule has 0 bridgehead atoms. The van der Waals surface area contributed by atoms with E-state index in [-0.39, 0.29) is 5.78 Å². The number of ketones is 1. The molecule has 3 nitrogen and oxygen atoms in total. The van der Waals surface area contributed by atoms with Crippen molar-refractivity contribution in [2.45, 2.75) is 90.4 Å². The van der Waals surface area contributed by atoms with Gasteiger partial charge in [0.2, 0.25) is 0 Å². The summed E-state index contributed by atoms with van der Waals surface area (Å²) >= 11 is 0. The molecule has 0 aromatic heterocycles.